The van der Waals surface area contributed by atoms with Crippen LogP contribution in [0.1, 0.15) is 17.3 Å². The second kappa shape index (κ2) is 6.58. The van der Waals surface area contributed by atoms with Crippen molar-refractivity contribution < 1.29 is 14.3 Å². The summed E-state index contributed by atoms with van der Waals surface area (Å²) in [5, 5.41) is 2.74. The number of nitrogens with zero attached hydrogens (tertiary/aromatic N) is 2. The fraction of sp³-hybridized carbons (Fsp3) is 0.467. The van der Waals surface area contributed by atoms with Gasteiger partial charge in [-0.2, -0.15) is 0 Å². The average molecular weight is 291 g/mol. The summed E-state index contributed by atoms with van der Waals surface area (Å²) in [6.45, 7) is 3.70. The maximum absolute atomic E-state index is 12.5. The predicted molar refractivity (Wildman–Crippen MR) is 80.5 cm³/mol. The van der Waals surface area contributed by atoms with E-state index >= 15 is 0 Å². The van der Waals surface area contributed by atoms with Gasteiger partial charge in [-0.1, -0.05) is 6.07 Å². The SMILES string of the molecule is CC1CN(C(=O)c2cccc(NC(=O)N(C)C)c2)CCO1. The third kappa shape index (κ3) is 3.95. The van der Waals surface area contributed by atoms with Crippen LogP contribution in [0.5, 0.6) is 0 Å². The van der Waals surface area contributed by atoms with Gasteiger partial charge in [0.05, 0.1) is 12.7 Å². The van der Waals surface area contributed by atoms with Crippen LogP contribution in [0.4, 0.5) is 10.5 Å². The Kier molecular flexibility index (Phi) is 4.80. The lowest BCUT2D eigenvalue weighted by atomic mass is 10.1. The molecule has 6 heteroatoms. The summed E-state index contributed by atoms with van der Waals surface area (Å²) in [5.74, 6) is -0.0360. The van der Waals surface area contributed by atoms with Gasteiger partial charge in [-0.05, 0) is 25.1 Å². The summed E-state index contributed by atoms with van der Waals surface area (Å²) in [5.41, 5.74) is 1.18. The molecule has 1 aliphatic heterocycles. The Bertz CT molecular complexity index is 531. The van der Waals surface area contributed by atoms with Crippen LogP contribution in [0.2, 0.25) is 0 Å². The highest BCUT2D eigenvalue weighted by molar-refractivity contribution is 5.96. The molecule has 1 heterocycles. The monoisotopic (exact) mass is 291 g/mol. The molecule has 0 bridgehead atoms. The summed E-state index contributed by atoms with van der Waals surface area (Å²) in [6.07, 6.45) is 0.0549. The smallest absolute Gasteiger partial charge is 0.321 e. The Morgan fingerprint density at radius 1 is 1.38 bits per heavy atom. The third-order valence-corrected chi connectivity index (χ3v) is 3.30. The first-order chi connectivity index (χ1) is 9.97. The lowest BCUT2D eigenvalue weighted by Gasteiger charge is -2.31. The first-order valence-corrected chi connectivity index (χ1v) is 6.96. The molecule has 6 nitrogen and oxygen atoms in total. The molecule has 1 atom stereocenters. The number of carbonyl (C=O) groups excluding carboxylic acids is 2. The average Bonchev–Trinajstić information content (AvgIpc) is 2.46. The van der Waals surface area contributed by atoms with Gasteiger partial charge in [0.2, 0.25) is 0 Å². The summed E-state index contributed by atoms with van der Waals surface area (Å²) in [6, 6.07) is 6.76. The predicted octanol–water partition coefficient (Wildman–Crippen LogP) is 1.64. The molecule has 0 aliphatic carbocycles. The molecule has 21 heavy (non-hydrogen) atoms. The number of nitrogens with one attached hydrogen (secondary N) is 1. The number of rotatable bonds is 2. The number of ether oxygens (including phenoxy) is 1. The standard InChI is InChI=1S/C15H21N3O3/c1-11-10-18(7-8-21-11)14(19)12-5-4-6-13(9-12)16-15(20)17(2)3/h4-6,9,11H,7-8,10H2,1-3H3,(H,16,20). The van der Waals surface area contributed by atoms with Crippen LogP contribution < -0.4 is 5.32 Å². The van der Waals surface area contributed by atoms with Crippen LogP contribution in [-0.2, 0) is 4.74 Å². The number of urea groups is 1. The van der Waals surface area contributed by atoms with Crippen molar-refractivity contribution in [3.8, 4) is 0 Å². The summed E-state index contributed by atoms with van der Waals surface area (Å²) >= 11 is 0. The molecule has 1 unspecified atom stereocenters. The van der Waals surface area contributed by atoms with Crippen LogP contribution in [0.25, 0.3) is 0 Å². The van der Waals surface area contributed by atoms with E-state index in [-0.39, 0.29) is 18.0 Å². The first kappa shape index (κ1) is 15.3. The number of benzene rings is 1. The van der Waals surface area contributed by atoms with Crippen molar-refractivity contribution in [2.24, 2.45) is 0 Å². The van der Waals surface area contributed by atoms with Crippen molar-refractivity contribution in [1.82, 2.24) is 9.80 Å². The molecule has 1 N–H and O–H groups in total. The second-order valence-corrected chi connectivity index (χ2v) is 5.34. The summed E-state index contributed by atoms with van der Waals surface area (Å²) < 4.78 is 5.44. The molecule has 2 rings (SSSR count). The van der Waals surface area contributed by atoms with E-state index in [2.05, 4.69) is 5.32 Å². The molecule has 1 aromatic carbocycles. The molecular formula is C15H21N3O3. The lowest BCUT2D eigenvalue weighted by molar-refractivity contribution is -0.0124. The molecule has 0 spiro atoms. The van der Waals surface area contributed by atoms with Gasteiger partial charge in [-0.3, -0.25) is 4.79 Å². The Hall–Kier alpha value is -2.08. The Labute approximate surface area is 124 Å². The van der Waals surface area contributed by atoms with Gasteiger partial charge in [0, 0.05) is 38.4 Å². The number of hydrogen-bond acceptors (Lipinski definition) is 3. The van der Waals surface area contributed by atoms with Crippen LogP contribution >= 0.6 is 0 Å². The van der Waals surface area contributed by atoms with Gasteiger partial charge in [-0.15, -0.1) is 0 Å². The van der Waals surface area contributed by atoms with Gasteiger partial charge < -0.3 is 19.9 Å². The highest BCUT2D eigenvalue weighted by atomic mass is 16.5. The lowest BCUT2D eigenvalue weighted by Crippen LogP contribution is -2.44. The fourth-order valence-corrected chi connectivity index (χ4v) is 2.15. The summed E-state index contributed by atoms with van der Waals surface area (Å²) in [7, 11) is 3.33. The van der Waals surface area contributed by atoms with E-state index in [9.17, 15) is 9.59 Å². The zero-order valence-electron chi connectivity index (χ0n) is 12.6. The van der Waals surface area contributed by atoms with E-state index < -0.39 is 0 Å². The molecular weight excluding hydrogens is 270 g/mol. The van der Waals surface area contributed by atoms with Gasteiger partial charge >= 0.3 is 6.03 Å². The highest BCUT2D eigenvalue weighted by Crippen LogP contribution is 2.15. The van der Waals surface area contributed by atoms with E-state index in [1.54, 1.807) is 43.3 Å². The fourth-order valence-electron chi connectivity index (χ4n) is 2.15. The van der Waals surface area contributed by atoms with E-state index in [0.717, 1.165) is 0 Å². The maximum Gasteiger partial charge on any atom is 0.321 e. The van der Waals surface area contributed by atoms with E-state index in [4.69, 9.17) is 4.74 Å². The van der Waals surface area contributed by atoms with Gasteiger partial charge in [0.1, 0.15) is 0 Å². The van der Waals surface area contributed by atoms with E-state index in [1.165, 1.54) is 4.90 Å². The molecule has 3 amide bonds. The van der Waals surface area contributed by atoms with Crippen LogP contribution in [0, 0.1) is 0 Å². The second-order valence-electron chi connectivity index (χ2n) is 5.34. The summed E-state index contributed by atoms with van der Waals surface area (Å²) in [4.78, 5) is 27.3. The topological polar surface area (TPSA) is 61.9 Å². The minimum atomic E-state index is -0.223. The maximum atomic E-state index is 12.5. The number of morpholine rings is 1. The third-order valence-electron chi connectivity index (χ3n) is 3.30. The minimum Gasteiger partial charge on any atom is -0.375 e. The van der Waals surface area contributed by atoms with Gasteiger partial charge in [0.15, 0.2) is 0 Å². The quantitative estimate of drug-likeness (QED) is 0.901. The molecule has 0 aromatic heterocycles. The van der Waals surface area contributed by atoms with Crippen LogP contribution in [0.3, 0.4) is 0 Å². The van der Waals surface area contributed by atoms with E-state index in [0.29, 0.717) is 30.9 Å². The van der Waals surface area contributed by atoms with Crippen LogP contribution in [0.15, 0.2) is 24.3 Å². The van der Waals surface area contributed by atoms with Crippen molar-refractivity contribution in [2.45, 2.75) is 13.0 Å². The highest BCUT2D eigenvalue weighted by Gasteiger charge is 2.22. The zero-order valence-corrected chi connectivity index (χ0v) is 12.6. The molecule has 0 saturated carbocycles. The number of hydrogen-bond donors (Lipinski definition) is 1. The molecule has 1 saturated heterocycles. The molecule has 1 fully saturated rings. The zero-order chi connectivity index (χ0) is 15.4. The van der Waals surface area contributed by atoms with E-state index in [1.807, 2.05) is 6.92 Å². The normalized spacial score (nSPS) is 18.2. The molecule has 1 aromatic rings. The Morgan fingerprint density at radius 3 is 2.81 bits per heavy atom. The van der Waals surface area contributed by atoms with Crippen molar-refractivity contribution in [3.63, 3.8) is 0 Å². The largest absolute Gasteiger partial charge is 0.375 e. The van der Waals surface area contributed by atoms with Gasteiger partial charge in [0.25, 0.3) is 5.91 Å². The van der Waals surface area contributed by atoms with Crippen molar-refractivity contribution in [1.29, 1.82) is 0 Å². The molecule has 114 valence electrons. The number of carbonyl (C=O) groups is 2. The van der Waals surface area contributed by atoms with Gasteiger partial charge in [-0.25, -0.2) is 4.79 Å². The van der Waals surface area contributed by atoms with Crippen molar-refractivity contribution in [2.75, 3.05) is 39.1 Å². The Balaban J connectivity index is 2.09. The molecule has 1 aliphatic rings. The van der Waals surface area contributed by atoms with Crippen molar-refractivity contribution >= 4 is 17.6 Å². The Morgan fingerprint density at radius 2 is 2.14 bits per heavy atom. The first-order valence-electron chi connectivity index (χ1n) is 6.96. The number of amides is 3. The molecule has 0 radical (unpaired) electrons. The minimum absolute atomic E-state index is 0.0360. The van der Waals surface area contributed by atoms with Crippen molar-refractivity contribution in [3.05, 3.63) is 29.8 Å². The number of anilines is 1. The van der Waals surface area contributed by atoms with Crippen LogP contribution in [-0.4, -0.2) is 61.6 Å².